The Morgan fingerprint density at radius 2 is 2.04 bits per heavy atom. The normalized spacial score (nSPS) is 17.5. The Bertz CT molecular complexity index is 585. The zero-order chi connectivity index (χ0) is 17.5. The topological polar surface area (TPSA) is 72.9 Å². The molecule has 2 fully saturated rings. The van der Waals surface area contributed by atoms with Crippen LogP contribution < -0.4 is 15.5 Å². The van der Waals surface area contributed by atoms with E-state index in [9.17, 15) is 4.79 Å². The van der Waals surface area contributed by atoms with Crippen LogP contribution in [0.2, 0.25) is 0 Å². The molecule has 1 aromatic rings. The van der Waals surface area contributed by atoms with Crippen molar-refractivity contribution in [2.45, 2.75) is 32.2 Å². The predicted molar refractivity (Wildman–Crippen MR) is 115 cm³/mol. The number of hydrogen-bond donors (Lipinski definition) is 2. The molecule has 1 saturated heterocycles. The average molecular weight is 472 g/mol. The van der Waals surface area contributed by atoms with E-state index in [1.54, 1.807) is 0 Å². The number of halogens is 1. The molecular formula is C18H29IN6O. The van der Waals surface area contributed by atoms with Crippen LogP contribution in [0.3, 0.4) is 0 Å². The van der Waals surface area contributed by atoms with Gasteiger partial charge in [0.15, 0.2) is 5.96 Å². The largest absolute Gasteiger partial charge is 0.357 e. The Kier molecular flexibility index (Phi) is 8.40. The number of piperazine rings is 1. The molecule has 26 heavy (non-hydrogen) atoms. The highest BCUT2D eigenvalue weighted by molar-refractivity contribution is 14.0. The van der Waals surface area contributed by atoms with Crippen LogP contribution in [-0.4, -0.2) is 67.1 Å². The highest BCUT2D eigenvalue weighted by Crippen LogP contribution is 2.18. The van der Waals surface area contributed by atoms with Crippen molar-refractivity contribution in [3.05, 3.63) is 24.4 Å². The molecular weight excluding hydrogens is 443 g/mol. The van der Waals surface area contributed by atoms with Gasteiger partial charge in [-0.15, -0.1) is 24.0 Å². The van der Waals surface area contributed by atoms with Gasteiger partial charge in [-0.1, -0.05) is 6.07 Å². The van der Waals surface area contributed by atoms with Crippen LogP contribution in [0.25, 0.3) is 0 Å². The van der Waals surface area contributed by atoms with Crippen LogP contribution in [0.4, 0.5) is 5.82 Å². The first-order valence-electron chi connectivity index (χ1n) is 9.25. The lowest BCUT2D eigenvalue weighted by Gasteiger charge is -2.35. The number of anilines is 1. The number of guanidine groups is 1. The lowest BCUT2D eigenvalue weighted by atomic mass is 10.2. The minimum atomic E-state index is 0. The minimum absolute atomic E-state index is 0. The Labute approximate surface area is 172 Å². The van der Waals surface area contributed by atoms with Gasteiger partial charge >= 0.3 is 0 Å². The summed E-state index contributed by atoms with van der Waals surface area (Å²) in [5, 5.41) is 6.60. The van der Waals surface area contributed by atoms with Crippen molar-refractivity contribution in [3.63, 3.8) is 0 Å². The van der Waals surface area contributed by atoms with Gasteiger partial charge in [0, 0.05) is 51.4 Å². The first-order valence-corrected chi connectivity index (χ1v) is 9.25. The van der Waals surface area contributed by atoms with Crippen LogP contribution in [-0.2, 0) is 4.79 Å². The fourth-order valence-corrected chi connectivity index (χ4v) is 2.89. The van der Waals surface area contributed by atoms with E-state index in [0.29, 0.717) is 19.0 Å². The number of nitrogens with one attached hydrogen (secondary N) is 2. The van der Waals surface area contributed by atoms with Crippen LogP contribution in [0, 0.1) is 0 Å². The fourth-order valence-electron chi connectivity index (χ4n) is 2.89. The quantitative estimate of drug-likeness (QED) is 0.373. The minimum Gasteiger partial charge on any atom is -0.357 e. The van der Waals surface area contributed by atoms with E-state index in [2.05, 4.69) is 32.4 Å². The molecule has 0 unspecified atom stereocenters. The average Bonchev–Trinajstić information content (AvgIpc) is 3.47. The molecule has 1 aromatic heterocycles. The molecule has 2 aliphatic rings. The number of nitrogens with zero attached hydrogens (tertiary/aromatic N) is 4. The van der Waals surface area contributed by atoms with Crippen molar-refractivity contribution in [1.29, 1.82) is 0 Å². The second-order valence-electron chi connectivity index (χ2n) is 6.49. The van der Waals surface area contributed by atoms with Crippen molar-refractivity contribution in [1.82, 2.24) is 20.5 Å². The van der Waals surface area contributed by atoms with E-state index < -0.39 is 0 Å². The number of amides is 1. The van der Waals surface area contributed by atoms with Gasteiger partial charge in [0.1, 0.15) is 5.82 Å². The van der Waals surface area contributed by atoms with Crippen LogP contribution in [0.1, 0.15) is 26.2 Å². The van der Waals surface area contributed by atoms with Crippen LogP contribution in [0.5, 0.6) is 0 Å². The summed E-state index contributed by atoms with van der Waals surface area (Å²) in [6, 6.07) is 6.49. The molecule has 8 heteroatoms. The van der Waals surface area contributed by atoms with Gasteiger partial charge in [-0.3, -0.25) is 9.79 Å². The third kappa shape index (κ3) is 6.30. The number of aromatic nitrogens is 1. The number of aliphatic imine (C=N–C) groups is 1. The highest BCUT2D eigenvalue weighted by atomic mass is 127. The monoisotopic (exact) mass is 472 g/mol. The predicted octanol–water partition coefficient (Wildman–Crippen LogP) is 1.46. The maximum atomic E-state index is 12.4. The van der Waals surface area contributed by atoms with Crippen LogP contribution >= 0.6 is 24.0 Å². The standard InChI is InChI=1S/C18H28N6O.HI/c1-2-19-18(22-15-6-7-15)21-10-8-17(25)24-13-11-23(12-14-24)16-5-3-4-9-20-16;/h3-5,9,15H,2,6-8,10-14H2,1H3,(H2,19,21,22);1H. The molecule has 7 nitrogen and oxygen atoms in total. The molecule has 0 bridgehead atoms. The first-order chi connectivity index (χ1) is 12.3. The van der Waals surface area contributed by atoms with Gasteiger partial charge in [0.25, 0.3) is 0 Å². The Balaban J connectivity index is 0.00000243. The summed E-state index contributed by atoms with van der Waals surface area (Å²) in [6.45, 7) is 6.58. The van der Waals surface area contributed by atoms with Crippen molar-refractivity contribution >= 4 is 41.7 Å². The fraction of sp³-hybridized carbons (Fsp3) is 0.611. The lowest BCUT2D eigenvalue weighted by molar-refractivity contribution is -0.131. The van der Waals surface area contributed by atoms with Gasteiger partial charge in [-0.05, 0) is 31.9 Å². The zero-order valence-corrected chi connectivity index (χ0v) is 17.7. The Morgan fingerprint density at radius 3 is 2.65 bits per heavy atom. The van der Waals surface area contributed by atoms with Crippen molar-refractivity contribution in [3.8, 4) is 0 Å². The van der Waals surface area contributed by atoms with E-state index in [-0.39, 0.29) is 29.9 Å². The Morgan fingerprint density at radius 1 is 1.27 bits per heavy atom. The summed E-state index contributed by atoms with van der Waals surface area (Å²) in [7, 11) is 0. The lowest BCUT2D eigenvalue weighted by Crippen LogP contribution is -2.49. The van der Waals surface area contributed by atoms with E-state index in [1.165, 1.54) is 12.8 Å². The molecule has 1 amide bonds. The van der Waals surface area contributed by atoms with Gasteiger partial charge in [-0.25, -0.2) is 4.98 Å². The van der Waals surface area contributed by atoms with Crippen LogP contribution in [0.15, 0.2) is 29.4 Å². The summed E-state index contributed by atoms with van der Waals surface area (Å²) in [6.07, 6.45) is 4.70. The summed E-state index contributed by atoms with van der Waals surface area (Å²) in [4.78, 5) is 25.5. The number of carbonyl (C=O) groups is 1. The van der Waals surface area contributed by atoms with Gasteiger partial charge in [0.05, 0.1) is 6.54 Å². The van der Waals surface area contributed by atoms with E-state index in [4.69, 9.17) is 0 Å². The molecule has 1 aliphatic carbocycles. The second-order valence-corrected chi connectivity index (χ2v) is 6.49. The number of carbonyl (C=O) groups excluding carboxylic acids is 1. The smallest absolute Gasteiger partial charge is 0.224 e. The summed E-state index contributed by atoms with van der Waals surface area (Å²) < 4.78 is 0. The van der Waals surface area contributed by atoms with E-state index >= 15 is 0 Å². The van der Waals surface area contributed by atoms with Crippen molar-refractivity contribution in [2.24, 2.45) is 4.99 Å². The summed E-state index contributed by atoms with van der Waals surface area (Å²) in [5.74, 6) is 2.00. The van der Waals surface area contributed by atoms with Gasteiger partial charge in [-0.2, -0.15) is 0 Å². The third-order valence-corrected chi connectivity index (χ3v) is 4.46. The molecule has 1 aliphatic heterocycles. The van der Waals surface area contributed by atoms with E-state index in [1.807, 2.05) is 29.3 Å². The van der Waals surface area contributed by atoms with E-state index in [0.717, 1.165) is 44.5 Å². The van der Waals surface area contributed by atoms with Gasteiger partial charge in [0.2, 0.25) is 5.91 Å². The molecule has 2 N–H and O–H groups in total. The molecule has 0 atom stereocenters. The number of hydrogen-bond acceptors (Lipinski definition) is 4. The Hall–Kier alpha value is -1.58. The second kappa shape index (κ2) is 10.5. The molecule has 0 aromatic carbocycles. The molecule has 3 rings (SSSR count). The molecule has 144 valence electrons. The summed E-state index contributed by atoms with van der Waals surface area (Å²) in [5.41, 5.74) is 0. The SMILES string of the molecule is CCNC(=NCCC(=O)N1CCN(c2ccccn2)CC1)NC1CC1.I. The molecule has 0 radical (unpaired) electrons. The van der Waals surface area contributed by atoms with Crippen molar-refractivity contribution < 1.29 is 4.79 Å². The zero-order valence-electron chi connectivity index (χ0n) is 15.4. The maximum absolute atomic E-state index is 12.4. The van der Waals surface area contributed by atoms with Gasteiger partial charge < -0.3 is 20.4 Å². The molecule has 1 saturated carbocycles. The van der Waals surface area contributed by atoms with Crippen molar-refractivity contribution in [2.75, 3.05) is 44.2 Å². The first kappa shape index (κ1) is 20.7. The number of rotatable bonds is 6. The molecule has 2 heterocycles. The summed E-state index contributed by atoms with van der Waals surface area (Å²) >= 11 is 0. The number of pyridine rings is 1. The third-order valence-electron chi connectivity index (χ3n) is 4.46. The maximum Gasteiger partial charge on any atom is 0.224 e. The highest BCUT2D eigenvalue weighted by Gasteiger charge is 2.23. The molecule has 0 spiro atoms.